The predicted octanol–water partition coefficient (Wildman–Crippen LogP) is 2.47. The van der Waals surface area contributed by atoms with Crippen molar-refractivity contribution in [3.63, 3.8) is 0 Å². The van der Waals surface area contributed by atoms with Gasteiger partial charge in [0.2, 0.25) is 0 Å². The third-order valence-corrected chi connectivity index (χ3v) is 5.97. The fourth-order valence-electron chi connectivity index (χ4n) is 3.19. The number of rotatable bonds is 7. The number of thiophene rings is 1. The minimum Gasteiger partial charge on any atom is -0.336 e. The van der Waals surface area contributed by atoms with Gasteiger partial charge in [-0.2, -0.15) is 0 Å². The van der Waals surface area contributed by atoms with Crippen LogP contribution in [0.1, 0.15) is 48.2 Å². The lowest BCUT2D eigenvalue weighted by atomic mass is 9.95. The zero-order valence-electron chi connectivity index (χ0n) is 15.3. The Morgan fingerprint density at radius 3 is 2.58 bits per heavy atom. The van der Waals surface area contributed by atoms with Crippen LogP contribution < -0.4 is 10.6 Å². The first-order chi connectivity index (χ1) is 12.6. The van der Waals surface area contributed by atoms with E-state index in [0.29, 0.717) is 19.0 Å². The van der Waals surface area contributed by atoms with E-state index < -0.39 is 0 Å². The molecule has 26 heavy (non-hydrogen) atoms. The Kier molecular flexibility index (Phi) is 6.06. The number of benzene rings is 1. The highest BCUT2D eigenvalue weighted by atomic mass is 32.1. The summed E-state index contributed by atoms with van der Waals surface area (Å²) >= 11 is 1.69. The molecule has 0 aliphatic carbocycles. The second-order valence-electron chi connectivity index (χ2n) is 6.69. The summed E-state index contributed by atoms with van der Waals surface area (Å²) in [6.45, 7) is 5.68. The van der Waals surface area contributed by atoms with Gasteiger partial charge in [0.15, 0.2) is 6.54 Å². The molecule has 3 amide bonds. The van der Waals surface area contributed by atoms with Gasteiger partial charge < -0.3 is 10.6 Å². The van der Waals surface area contributed by atoms with Crippen LogP contribution in [-0.4, -0.2) is 36.5 Å². The van der Waals surface area contributed by atoms with Gasteiger partial charge in [-0.15, -0.1) is 11.3 Å². The maximum absolute atomic E-state index is 12.4. The van der Waals surface area contributed by atoms with E-state index in [0.717, 1.165) is 6.42 Å². The molecule has 2 atom stereocenters. The summed E-state index contributed by atoms with van der Waals surface area (Å²) in [5, 5.41) is 6.75. The highest BCUT2D eigenvalue weighted by molar-refractivity contribution is 7.10. The van der Waals surface area contributed by atoms with E-state index in [1.807, 2.05) is 11.4 Å². The van der Waals surface area contributed by atoms with Crippen LogP contribution in [-0.2, 0) is 4.79 Å². The number of imide groups is 1. The first-order valence-electron chi connectivity index (χ1n) is 9.15. The molecule has 6 heteroatoms. The van der Waals surface area contributed by atoms with E-state index in [-0.39, 0.29) is 24.5 Å². The average molecular weight is 373 g/mol. The molecule has 0 radical (unpaired) electrons. The van der Waals surface area contributed by atoms with Crippen LogP contribution in [0.5, 0.6) is 0 Å². The molecule has 1 saturated heterocycles. The maximum atomic E-state index is 12.4. The Labute approximate surface area is 158 Å². The lowest BCUT2D eigenvalue weighted by Gasteiger charge is -2.18. The zero-order chi connectivity index (χ0) is 18.5. The number of amides is 3. The Bertz CT molecular complexity index is 743. The molecule has 3 rings (SSSR count). The van der Waals surface area contributed by atoms with Crippen molar-refractivity contribution in [1.29, 1.82) is 0 Å². The molecule has 0 unspecified atom stereocenters. The van der Waals surface area contributed by atoms with Crippen molar-refractivity contribution < 1.29 is 14.9 Å². The zero-order valence-corrected chi connectivity index (χ0v) is 16.1. The van der Waals surface area contributed by atoms with Gasteiger partial charge in [-0.1, -0.05) is 44.2 Å². The molecule has 1 aliphatic heterocycles. The van der Waals surface area contributed by atoms with Crippen LogP contribution in [0.2, 0.25) is 0 Å². The third-order valence-electron chi connectivity index (χ3n) is 5.01. The normalized spacial score (nSPS) is 16.4. The molecular weight excluding hydrogens is 346 g/mol. The number of nitrogens with one attached hydrogen (secondary N) is 1. The molecule has 1 fully saturated rings. The lowest BCUT2D eigenvalue weighted by Crippen LogP contribution is -2.87. The van der Waals surface area contributed by atoms with Crippen molar-refractivity contribution in [2.24, 2.45) is 0 Å². The highest BCUT2D eigenvalue weighted by Gasteiger charge is 2.28. The molecule has 2 heterocycles. The average Bonchev–Trinajstić information content (AvgIpc) is 3.33. The molecule has 0 saturated carbocycles. The van der Waals surface area contributed by atoms with Crippen LogP contribution in [0.3, 0.4) is 0 Å². The number of nitrogens with zero attached hydrogens (tertiary/aromatic N) is 1. The molecule has 5 nitrogen and oxygen atoms in total. The number of hydrogen-bond acceptors (Lipinski definition) is 3. The fraction of sp³-hybridized carbons (Fsp3) is 0.400. The van der Waals surface area contributed by atoms with E-state index in [2.05, 4.69) is 54.9 Å². The molecule has 3 N–H and O–H groups in total. The quantitative estimate of drug-likeness (QED) is 0.784. The van der Waals surface area contributed by atoms with Crippen LogP contribution >= 0.6 is 11.3 Å². The minimum absolute atomic E-state index is 0.0654. The minimum atomic E-state index is -0.283. The van der Waals surface area contributed by atoms with Crippen LogP contribution in [0.25, 0.3) is 0 Å². The first kappa shape index (κ1) is 18.6. The lowest BCUT2D eigenvalue weighted by molar-refractivity contribution is -0.676. The molecular formula is C20H26N3O2S+. The van der Waals surface area contributed by atoms with E-state index in [1.165, 1.54) is 20.9 Å². The largest absolute Gasteiger partial charge is 0.336 e. The smallest absolute Gasteiger partial charge is 0.324 e. The number of urea groups is 1. The maximum Gasteiger partial charge on any atom is 0.324 e. The summed E-state index contributed by atoms with van der Waals surface area (Å²) in [6.07, 6.45) is 1.12. The van der Waals surface area contributed by atoms with E-state index in [4.69, 9.17) is 0 Å². The highest BCUT2D eigenvalue weighted by Crippen LogP contribution is 2.25. The van der Waals surface area contributed by atoms with Gasteiger partial charge >= 0.3 is 6.03 Å². The van der Waals surface area contributed by atoms with Gasteiger partial charge in [-0.3, -0.25) is 9.69 Å². The summed E-state index contributed by atoms with van der Waals surface area (Å²) in [7, 11) is 0. The Morgan fingerprint density at radius 2 is 2.00 bits per heavy atom. The second kappa shape index (κ2) is 8.47. The van der Waals surface area contributed by atoms with Crippen LogP contribution in [0, 0.1) is 0 Å². The fourth-order valence-corrected chi connectivity index (χ4v) is 4.04. The Balaban J connectivity index is 1.74. The Morgan fingerprint density at radius 1 is 1.27 bits per heavy atom. The number of quaternary nitrogens is 1. The van der Waals surface area contributed by atoms with Crippen molar-refractivity contribution in [2.75, 3.05) is 19.6 Å². The molecule has 0 spiro atoms. The Hall–Kier alpha value is -2.18. The second-order valence-corrected chi connectivity index (χ2v) is 7.67. The molecule has 1 aromatic heterocycles. The monoisotopic (exact) mass is 372 g/mol. The van der Waals surface area contributed by atoms with E-state index >= 15 is 0 Å². The molecule has 138 valence electrons. The summed E-state index contributed by atoms with van der Waals surface area (Å²) in [6, 6.07) is 12.6. The van der Waals surface area contributed by atoms with E-state index in [1.54, 1.807) is 11.3 Å². The number of carbonyl (C=O) groups is 2. The van der Waals surface area contributed by atoms with Crippen molar-refractivity contribution in [1.82, 2.24) is 10.2 Å². The standard InChI is InChI=1S/C20H25N3O2S/c1-3-14(2)15-6-8-16(9-7-15)19(17-5-4-12-26-17)22-13-18(24)23-11-10-21-20(23)25/h4-9,12,14,19,22H,3,10-11,13H2,1-2H3,(H,21,25)/p+1/t14-,19+/m1/s1. The summed E-state index contributed by atoms with van der Waals surface area (Å²) < 4.78 is 0. The number of carbonyl (C=O) groups excluding carboxylic acids is 2. The van der Waals surface area contributed by atoms with Crippen molar-refractivity contribution in [3.8, 4) is 0 Å². The topological polar surface area (TPSA) is 66.0 Å². The van der Waals surface area contributed by atoms with Crippen molar-refractivity contribution in [2.45, 2.75) is 32.2 Å². The summed E-state index contributed by atoms with van der Waals surface area (Å²) in [5.41, 5.74) is 2.52. The molecule has 2 aromatic rings. The number of hydrogen-bond donors (Lipinski definition) is 2. The first-order valence-corrected chi connectivity index (χ1v) is 10.0. The van der Waals surface area contributed by atoms with Gasteiger partial charge in [-0.25, -0.2) is 4.79 Å². The van der Waals surface area contributed by atoms with Gasteiger partial charge in [0.05, 0.1) is 4.88 Å². The predicted molar refractivity (Wildman–Crippen MR) is 103 cm³/mol. The number of nitrogens with two attached hydrogens (primary N) is 1. The van der Waals surface area contributed by atoms with Crippen LogP contribution in [0.15, 0.2) is 41.8 Å². The molecule has 1 aliphatic rings. The van der Waals surface area contributed by atoms with Gasteiger partial charge in [0.25, 0.3) is 5.91 Å². The van der Waals surface area contributed by atoms with Crippen LogP contribution in [0.4, 0.5) is 4.79 Å². The van der Waals surface area contributed by atoms with E-state index in [9.17, 15) is 9.59 Å². The van der Waals surface area contributed by atoms with Gasteiger partial charge in [0, 0.05) is 18.7 Å². The third kappa shape index (κ3) is 4.14. The summed E-state index contributed by atoms with van der Waals surface area (Å²) in [5.74, 6) is 0.404. The van der Waals surface area contributed by atoms with Crippen molar-refractivity contribution in [3.05, 3.63) is 57.8 Å². The van der Waals surface area contributed by atoms with Crippen molar-refractivity contribution >= 4 is 23.3 Å². The van der Waals surface area contributed by atoms with Gasteiger partial charge in [0.1, 0.15) is 6.04 Å². The SMILES string of the molecule is CC[C@@H](C)c1ccc([C@H]([NH2+]CC(=O)N2CCNC2=O)c2cccs2)cc1. The molecule has 0 bridgehead atoms. The van der Waals surface area contributed by atoms with Gasteiger partial charge in [-0.05, 0) is 29.3 Å². The molecule has 1 aromatic carbocycles. The summed E-state index contributed by atoms with van der Waals surface area (Å²) in [4.78, 5) is 26.6.